The van der Waals surface area contributed by atoms with Gasteiger partial charge < -0.3 is 0 Å². The van der Waals surface area contributed by atoms with Crippen molar-refractivity contribution in [3.63, 3.8) is 0 Å². The van der Waals surface area contributed by atoms with Gasteiger partial charge in [0.25, 0.3) is 0 Å². The van der Waals surface area contributed by atoms with Crippen molar-refractivity contribution in [1.29, 1.82) is 0 Å². The fraction of sp³-hybridized carbons (Fsp3) is 0.632. The number of unbranched alkanes of at least 4 members (excludes halogenated alkanes) is 3. The van der Waals surface area contributed by atoms with Crippen molar-refractivity contribution in [2.75, 3.05) is 6.61 Å². The zero-order valence-corrected chi connectivity index (χ0v) is 14.3. The maximum Gasteiger partial charge on any atom is 0.373 e. The number of rotatable bonds is 11. The molecule has 0 saturated carbocycles. The molecular formula is C19H30O3. The zero-order chi connectivity index (χ0) is 16.2. The number of carbonyl (C=O) groups is 1. The topological polar surface area (TPSA) is 35.5 Å². The van der Waals surface area contributed by atoms with Gasteiger partial charge in [0.05, 0.1) is 12.2 Å². The van der Waals surface area contributed by atoms with Gasteiger partial charge in [0.1, 0.15) is 0 Å². The van der Waals surface area contributed by atoms with E-state index in [1.54, 1.807) is 0 Å². The first-order valence-electron chi connectivity index (χ1n) is 8.69. The summed E-state index contributed by atoms with van der Waals surface area (Å²) in [5.41, 5.74) is 3.08. The molecule has 1 rings (SSSR count). The zero-order valence-electron chi connectivity index (χ0n) is 14.3. The van der Waals surface area contributed by atoms with Crippen molar-refractivity contribution in [1.82, 2.24) is 0 Å². The third-order valence-electron chi connectivity index (χ3n) is 3.79. The lowest BCUT2D eigenvalue weighted by Gasteiger charge is -2.13. The second-order valence-corrected chi connectivity index (χ2v) is 5.70. The van der Waals surface area contributed by atoms with E-state index in [1.165, 1.54) is 5.56 Å². The molecule has 1 aromatic rings. The van der Waals surface area contributed by atoms with Gasteiger partial charge in [-0.15, -0.1) is 0 Å². The molecule has 0 saturated heterocycles. The Morgan fingerprint density at radius 1 is 0.955 bits per heavy atom. The monoisotopic (exact) mass is 306 g/mol. The number of carbonyl (C=O) groups excluding carboxylic acids is 1. The van der Waals surface area contributed by atoms with Crippen molar-refractivity contribution >= 4 is 5.97 Å². The summed E-state index contributed by atoms with van der Waals surface area (Å²) < 4.78 is 0. The fourth-order valence-electron chi connectivity index (χ4n) is 2.42. The highest BCUT2D eigenvalue weighted by atomic mass is 17.2. The van der Waals surface area contributed by atoms with Crippen molar-refractivity contribution in [3.8, 4) is 0 Å². The summed E-state index contributed by atoms with van der Waals surface area (Å²) >= 11 is 0. The van der Waals surface area contributed by atoms with Crippen LogP contribution in [0.25, 0.3) is 0 Å². The molecule has 0 amide bonds. The van der Waals surface area contributed by atoms with Crippen LogP contribution in [0, 0.1) is 0 Å². The van der Waals surface area contributed by atoms with Gasteiger partial charge in [-0.25, -0.2) is 4.79 Å². The Morgan fingerprint density at radius 2 is 1.64 bits per heavy atom. The van der Waals surface area contributed by atoms with E-state index in [9.17, 15) is 4.79 Å². The van der Waals surface area contributed by atoms with Crippen LogP contribution in [0.15, 0.2) is 18.2 Å². The van der Waals surface area contributed by atoms with E-state index in [4.69, 9.17) is 9.78 Å². The van der Waals surface area contributed by atoms with Crippen LogP contribution < -0.4 is 0 Å². The normalized spacial score (nSPS) is 10.7. The Labute approximate surface area is 134 Å². The van der Waals surface area contributed by atoms with Crippen LogP contribution in [0.3, 0.4) is 0 Å². The maximum atomic E-state index is 12.3. The molecule has 0 radical (unpaired) electrons. The van der Waals surface area contributed by atoms with Crippen LogP contribution in [-0.2, 0) is 22.6 Å². The van der Waals surface area contributed by atoms with Crippen molar-refractivity contribution in [3.05, 3.63) is 34.9 Å². The molecule has 0 fully saturated rings. The predicted octanol–water partition coefficient (Wildman–Crippen LogP) is 5.26. The summed E-state index contributed by atoms with van der Waals surface area (Å²) in [6.45, 7) is 6.89. The van der Waals surface area contributed by atoms with E-state index in [0.717, 1.165) is 56.9 Å². The van der Waals surface area contributed by atoms with E-state index in [0.29, 0.717) is 12.2 Å². The molecule has 0 aliphatic carbocycles. The number of aryl methyl sites for hydroxylation is 1. The maximum absolute atomic E-state index is 12.3. The van der Waals surface area contributed by atoms with E-state index in [-0.39, 0.29) is 5.97 Å². The quantitative estimate of drug-likeness (QED) is 0.318. The molecule has 22 heavy (non-hydrogen) atoms. The van der Waals surface area contributed by atoms with Gasteiger partial charge in [0.15, 0.2) is 0 Å². The molecule has 0 aliphatic rings. The average Bonchev–Trinajstić information content (AvgIpc) is 2.54. The van der Waals surface area contributed by atoms with Crippen LogP contribution in [0.5, 0.6) is 0 Å². The molecule has 0 atom stereocenters. The van der Waals surface area contributed by atoms with Gasteiger partial charge in [0, 0.05) is 0 Å². The third-order valence-corrected chi connectivity index (χ3v) is 3.79. The minimum atomic E-state index is -0.361. The highest BCUT2D eigenvalue weighted by molar-refractivity contribution is 5.91. The standard InChI is InChI=1S/C19H30O3/c1-4-7-11-16-12-10-14-18(17(16)13-8-5-2)19(20)22-21-15-9-6-3/h10,12,14H,4-9,11,13,15H2,1-3H3. The van der Waals surface area contributed by atoms with Gasteiger partial charge >= 0.3 is 5.97 Å². The van der Waals surface area contributed by atoms with Crippen molar-refractivity contribution in [2.24, 2.45) is 0 Å². The SMILES string of the molecule is CCCCOOC(=O)c1cccc(CCCC)c1CCCC. The molecular weight excluding hydrogens is 276 g/mol. The van der Waals surface area contributed by atoms with Crippen LogP contribution >= 0.6 is 0 Å². The Hall–Kier alpha value is -1.35. The molecule has 0 aromatic heterocycles. The minimum Gasteiger partial charge on any atom is -0.293 e. The molecule has 0 spiro atoms. The summed E-state index contributed by atoms with van der Waals surface area (Å²) in [5, 5.41) is 0. The van der Waals surface area contributed by atoms with Crippen LogP contribution in [0.1, 0.15) is 80.8 Å². The first-order chi connectivity index (χ1) is 10.7. The lowest BCUT2D eigenvalue weighted by atomic mass is 9.93. The van der Waals surface area contributed by atoms with Crippen molar-refractivity contribution < 1.29 is 14.6 Å². The molecule has 0 aliphatic heterocycles. The highest BCUT2D eigenvalue weighted by Gasteiger charge is 2.16. The first kappa shape index (κ1) is 18.7. The summed E-state index contributed by atoms with van der Waals surface area (Å²) in [7, 11) is 0. The molecule has 0 heterocycles. The second kappa shape index (κ2) is 11.2. The molecule has 0 unspecified atom stereocenters. The Morgan fingerprint density at radius 3 is 2.32 bits per heavy atom. The van der Waals surface area contributed by atoms with Crippen LogP contribution in [0.2, 0.25) is 0 Å². The molecule has 0 N–H and O–H groups in total. The summed E-state index contributed by atoms with van der Waals surface area (Å²) in [5.74, 6) is -0.361. The highest BCUT2D eigenvalue weighted by Crippen LogP contribution is 2.21. The summed E-state index contributed by atoms with van der Waals surface area (Å²) in [4.78, 5) is 22.3. The summed E-state index contributed by atoms with van der Waals surface area (Å²) in [6, 6.07) is 5.93. The van der Waals surface area contributed by atoms with Crippen LogP contribution in [0.4, 0.5) is 0 Å². The molecule has 0 bridgehead atoms. The molecule has 124 valence electrons. The van der Waals surface area contributed by atoms with Gasteiger partial charge in [-0.3, -0.25) is 4.89 Å². The fourth-order valence-corrected chi connectivity index (χ4v) is 2.42. The van der Waals surface area contributed by atoms with Crippen LogP contribution in [-0.4, -0.2) is 12.6 Å². The van der Waals surface area contributed by atoms with Crippen molar-refractivity contribution in [2.45, 2.75) is 72.1 Å². The Bertz CT molecular complexity index is 440. The number of hydrogen-bond donors (Lipinski definition) is 0. The number of benzene rings is 1. The smallest absolute Gasteiger partial charge is 0.293 e. The number of hydrogen-bond acceptors (Lipinski definition) is 3. The first-order valence-corrected chi connectivity index (χ1v) is 8.69. The van der Waals surface area contributed by atoms with E-state index in [1.807, 2.05) is 12.1 Å². The van der Waals surface area contributed by atoms with Gasteiger partial charge in [-0.05, 0) is 49.3 Å². The second-order valence-electron chi connectivity index (χ2n) is 5.70. The van der Waals surface area contributed by atoms with Gasteiger partial charge in [-0.2, -0.15) is 4.89 Å². The van der Waals surface area contributed by atoms with Gasteiger partial charge in [-0.1, -0.05) is 52.2 Å². The minimum absolute atomic E-state index is 0.361. The Kier molecular flexibility index (Phi) is 9.56. The summed E-state index contributed by atoms with van der Waals surface area (Å²) in [6.07, 6.45) is 8.36. The lowest BCUT2D eigenvalue weighted by molar-refractivity contribution is -0.241. The third kappa shape index (κ3) is 6.18. The Balaban J connectivity index is 2.83. The predicted molar refractivity (Wildman–Crippen MR) is 89.9 cm³/mol. The van der Waals surface area contributed by atoms with E-state index < -0.39 is 0 Å². The molecule has 3 nitrogen and oxygen atoms in total. The van der Waals surface area contributed by atoms with Gasteiger partial charge in [0.2, 0.25) is 0 Å². The van der Waals surface area contributed by atoms with E-state index in [2.05, 4.69) is 26.8 Å². The average molecular weight is 306 g/mol. The lowest BCUT2D eigenvalue weighted by Crippen LogP contribution is -2.11. The largest absolute Gasteiger partial charge is 0.373 e. The molecule has 3 heteroatoms. The van der Waals surface area contributed by atoms with E-state index >= 15 is 0 Å². The molecule has 1 aromatic carbocycles.